The number of nitrogens with one attached hydrogen (secondary N) is 1. The molecule has 0 saturated heterocycles. The molecular weight excluding hydrogens is 269 g/mol. The van der Waals surface area contributed by atoms with Crippen LogP contribution in [0.5, 0.6) is 5.75 Å². The third-order valence-electron chi connectivity index (χ3n) is 2.76. The maximum atomic E-state index is 12.9. The van der Waals surface area contributed by atoms with E-state index < -0.39 is 0 Å². The second-order valence-electron chi connectivity index (χ2n) is 4.56. The van der Waals surface area contributed by atoms with Gasteiger partial charge in [-0.2, -0.15) is 0 Å². The fraction of sp³-hybridized carbons (Fsp3) is 0.188. The molecular formula is C16H18FN3O. The molecule has 4 nitrogen and oxygen atoms in total. The van der Waals surface area contributed by atoms with Gasteiger partial charge in [0.1, 0.15) is 18.2 Å². The average molecular weight is 287 g/mol. The minimum Gasteiger partial charge on any atom is -0.492 e. The number of rotatable bonds is 5. The van der Waals surface area contributed by atoms with Crippen LogP contribution < -0.4 is 15.8 Å². The second-order valence-corrected chi connectivity index (χ2v) is 4.56. The first-order valence-electron chi connectivity index (χ1n) is 6.65. The number of halogens is 1. The lowest BCUT2D eigenvalue weighted by atomic mass is 10.2. The minimum absolute atomic E-state index is 0.321. The molecule has 0 spiro atoms. The van der Waals surface area contributed by atoms with Crippen molar-refractivity contribution in [2.24, 2.45) is 10.7 Å². The van der Waals surface area contributed by atoms with Gasteiger partial charge in [0.25, 0.3) is 0 Å². The largest absolute Gasteiger partial charge is 0.492 e. The summed E-state index contributed by atoms with van der Waals surface area (Å²) in [6, 6.07) is 13.8. The summed E-state index contributed by atoms with van der Waals surface area (Å²) in [6.07, 6.45) is 0. The highest BCUT2D eigenvalue weighted by Crippen LogP contribution is 2.11. The summed E-state index contributed by atoms with van der Waals surface area (Å²) >= 11 is 0. The molecule has 0 aliphatic rings. The molecule has 21 heavy (non-hydrogen) atoms. The Kier molecular flexibility index (Phi) is 5.15. The fourth-order valence-corrected chi connectivity index (χ4v) is 1.71. The number of anilines is 1. The van der Waals surface area contributed by atoms with Crippen LogP contribution in [0, 0.1) is 12.7 Å². The number of aryl methyl sites for hydroxylation is 1. The molecule has 2 aromatic rings. The zero-order valence-electron chi connectivity index (χ0n) is 11.8. The van der Waals surface area contributed by atoms with Crippen LogP contribution in [0.4, 0.5) is 10.1 Å². The lowest BCUT2D eigenvalue weighted by molar-refractivity contribution is 0.327. The lowest BCUT2D eigenvalue weighted by Crippen LogP contribution is -2.23. The smallest absolute Gasteiger partial charge is 0.193 e. The monoisotopic (exact) mass is 287 g/mol. The molecule has 2 rings (SSSR count). The summed E-state index contributed by atoms with van der Waals surface area (Å²) in [6.45, 7) is 2.74. The molecule has 0 amide bonds. The van der Waals surface area contributed by atoms with Gasteiger partial charge in [0.15, 0.2) is 5.96 Å². The molecule has 0 saturated carbocycles. The third-order valence-corrected chi connectivity index (χ3v) is 2.76. The number of nitrogens with two attached hydrogens (primary N) is 1. The Morgan fingerprint density at radius 1 is 1.24 bits per heavy atom. The normalized spacial score (nSPS) is 11.2. The fourth-order valence-electron chi connectivity index (χ4n) is 1.71. The molecule has 0 bridgehead atoms. The van der Waals surface area contributed by atoms with Crippen LogP contribution in [0.3, 0.4) is 0 Å². The van der Waals surface area contributed by atoms with Crippen LogP contribution in [0.15, 0.2) is 53.5 Å². The second kappa shape index (κ2) is 7.28. The van der Waals surface area contributed by atoms with E-state index in [2.05, 4.69) is 10.3 Å². The molecule has 0 radical (unpaired) electrons. The SMILES string of the molecule is Cc1ccc(NC(N)=NCCOc2cccc(F)c2)cc1. The van der Waals surface area contributed by atoms with E-state index in [4.69, 9.17) is 10.5 Å². The van der Waals surface area contributed by atoms with E-state index in [1.54, 1.807) is 12.1 Å². The Morgan fingerprint density at radius 2 is 2.00 bits per heavy atom. The zero-order chi connectivity index (χ0) is 15.1. The van der Waals surface area contributed by atoms with Crippen LogP contribution in [0.2, 0.25) is 0 Å². The maximum Gasteiger partial charge on any atom is 0.193 e. The quantitative estimate of drug-likeness (QED) is 0.505. The Labute approximate surface area is 123 Å². The summed E-state index contributed by atoms with van der Waals surface area (Å²) in [5.74, 6) is 0.480. The highest BCUT2D eigenvalue weighted by Gasteiger charge is 1.97. The van der Waals surface area contributed by atoms with Gasteiger partial charge in [-0.15, -0.1) is 0 Å². The number of benzene rings is 2. The summed E-state index contributed by atoms with van der Waals surface area (Å²) in [7, 11) is 0. The van der Waals surface area contributed by atoms with Gasteiger partial charge in [0.05, 0.1) is 6.54 Å². The van der Waals surface area contributed by atoms with E-state index in [1.807, 2.05) is 31.2 Å². The number of aliphatic imine (C=N–C) groups is 1. The number of ether oxygens (including phenoxy) is 1. The topological polar surface area (TPSA) is 59.6 Å². The highest BCUT2D eigenvalue weighted by molar-refractivity contribution is 5.92. The molecule has 0 aromatic heterocycles. The number of nitrogens with zero attached hydrogens (tertiary/aromatic N) is 1. The number of hydrogen-bond acceptors (Lipinski definition) is 2. The molecule has 5 heteroatoms. The Balaban J connectivity index is 1.77. The molecule has 0 unspecified atom stereocenters. The third kappa shape index (κ3) is 5.14. The van der Waals surface area contributed by atoms with Gasteiger partial charge < -0.3 is 15.8 Å². The summed E-state index contributed by atoms with van der Waals surface area (Å²) < 4.78 is 18.3. The molecule has 110 valence electrons. The minimum atomic E-state index is -0.323. The summed E-state index contributed by atoms with van der Waals surface area (Å²) in [5, 5.41) is 2.99. The van der Waals surface area contributed by atoms with Gasteiger partial charge in [-0.25, -0.2) is 9.38 Å². The van der Waals surface area contributed by atoms with Gasteiger partial charge >= 0.3 is 0 Å². The standard InChI is InChI=1S/C16H18FN3O/c1-12-5-7-14(8-6-12)20-16(18)19-9-10-21-15-4-2-3-13(17)11-15/h2-8,11H,9-10H2,1H3,(H3,18,19,20). The molecule has 3 N–H and O–H groups in total. The summed E-state index contributed by atoms with van der Waals surface area (Å²) in [5.41, 5.74) is 7.83. The first kappa shape index (κ1) is 14.8. The van der Waals surface area contributed by atoms with Crippen molar-refractivity contribution in [3.63, 3.8) is 0 Å². The van der Waals surface area contributed by atoms with Crippen molar-refractivity contribution in [1.29, 1.82) is 0 Å². The Hall–Kier alpha value is -2.56. The lowest BCUT2D eigenvalue weighted by Gasteiger charge is -2.07. The molecule has 0 heterocycles. The van der Waals surface area contributed by atoms with E-state index >= 15 is 0 Å². The first-order valence-corrected chi connectivity index (χ1v) is 6.65. The Morgan fingerprint density at radius 3 is 2.71 bits per heavy atom. The maximum absolute atomic E-state index is 12.9. The van der Waals surface area contributed by atoms with Gasteiger partial charge in [-0.3, -0.25) is 0 Å². The number of hydrogen-bond donors (Lipinski definition) is 2. The van der Waals surface area contributed by atoms with Gasteiger partial charge in [-0.1, -0.05) is 23.8 Å². The van der Waals surface area contributed by atoms with Crippen molar-refractivity contribution in [1.82, 2.24) is 0 Å². The van der Waals surface area contributed by atoms with Crippen molar-refractivity contribution in [3.05, 3.63) is 59.9 Å². The highest BCUT2D eigenvalue weighted by atomic mass is 19.1. The van der Waals surface area contributed by atoms with Crippen LogP contribution in [0.1, 0.15) is 5.56 Å². The van der Waals surface area contributed by atoms with Gasteiger partial charge in [-0.05, 0) is 31.2 Å². The van der Waals surface area contributed by atoms with E-state index in [1.165, 1.54) is 17.7 Å². The Bertz CT molecular complexity index is 611. The molecule has 2 aromatic carbocycles. The van der Waals surface area contributed by atoms with Crippen LogP contribution in [0.25, 0.3) is 0 Å². The van der Waals surface area contributed by atoms with Crippen LogP contribution in [-0.2, 0) is 0 Å². The summed E-state index contributed by atoms with van der Waals surface area (Å²) in [4.78, 5) is 4.14. The van der Waals surface area contributed by atoms with E-state index in [0.29, 0.717) is 24.9 Å². The van der Waals surface area contributed by atoms with Crippen molar-refractivity contribution < 1.29 is 9.13 Å². The molecule has 0 aliphatic carbocycles. The first-order chi connectivity index (χ1) is 10.1. The van der Waals surface area contributed by atoms with Crippen molar-refractivity contribution >= 4 is 11.6 Å². The average Bonchev–Trinajstić information content (AvgIpc) is 2.46. The van der Waals surface area contributed by atoms with Crippen molar-refractivity contribution in [3.8, 4) is 5.75 Å². The van der Waals surface area contributed by atoms with E-state index in [0.717, 1.165) is 5.69 Å². The predicted octanol–water partition coefficient (Wildman–Crippen LogP) is 2.94. The zero-order valence-corrected chi connectivity index (χ0v) is 11.8. The van der Waals surface area contributed by atoms with Crippen LogP contribution >= 0.6 is 0 Å². The number of guanidine groups is 1. The van der Waals surface area contributed by atoms with Gasteiger partial charge in [0, 0.05) is 11.8 Å². The molecule has 0 fully saturated rings. The predicted molar refractivity (Wildman–Crippen MR) is 83.2 cm³/mol. The van der Waals surface area contributed by atoms with Crippen molar-refractivity contribution in [2.75, 3.05) is 18.5 Å². The van der Waals surface area contributed by atoms with Crippen LogP contribution in [-0.4, -0.2) is 19.1 Å². The molecule has 0 atom stereocenters. The van der Waals surface area contributed by atoms with Crippen molar-refractivity contribution in [2.45, 2.75) is 6.92 Å². The van der Waals surface area contributed by atoms with E-state index in [-0.39, 0.29) is 5.82 Å². The molecule has 0 aliphatic heterocycles. The van der Waals surface area contributed by atoms with Gasteiger partial charge in [0.2, 0.25) is 0 Å². The van der Waals surface area contributed by atoms with E-state index in [9.17, 15) is 4.39 Å².